The minimum atomic E-state index is -0.613. The van der Waals surface area contributed by atoms with Crippen LogP contribution < -0.4 is 0 Å². The second kappa shape index (κ2) is 9.30. The monoisotopic (exact) mass is 418 g/mol. The van der Waals surface area contributed by atoms with Gasteiger partial charge in [0.1, 0.15) is 0 Å². The summed E-state index contributed by atoms with van der Waals surface area (Å²) in [5, 5.41) is 20.2. The van der Waals surface area contributed by atoms with Crippen molar-refractivity contribution in [2.45, 2.75) is 71.0 Å². The Morgan fingerprint density at radius 3 is 2.68 bits per heavy atom. The molecule has 1 aromatic rings. The van der Waals surface area contributed by atoms with Gasteiger partial charge in [-0.15, -0.1) is 0 Å². The fraction of sp³-hybridized carbons (Fsp3) is 0.517. The van der Waals surface area contributed by atoms with Gasteiger partial charge in [0.15, 0.2) is 0 Å². The van der Waals surface area contributed by atoms with Crippen LogP contribution in [0.1, 0.15) is 64.4 Å². The van der Waals surface area contributed by atoms with Gasteiger partial charge in [-0.2, -0.15) is 0 Å². The molecule has 2 heteroatoms. The Bertz CT molecular complexity index is 877. The van der Waals surface area contributed by atoms with Crippen LogP contribution >= 0.6 is 0 Å². The lowest BCUT2D eigenvalue weighted by atomic mass is 9.61. The summed E-state index contributed by atoms with van der Waals surface area (Å²) in [7, 11) is 0. The number of benzene rings is 1. The summed E-state index contributed by atoms with van der Waals surface area (Å²) in [6.07, 6.45) is 15.4. The molecule has 2 nitrogen and oxygen atoms in total. The van der Waals surface area contributed by atoms with Crippen molar-refractivity contribution in [1.29, 1.82) is 0 Å². The molecule has 2 N–H and O–H groups in total. The van der Waals surface area contributed by atoms with Gasteiger partial charge in [0, 0.05) is 6.42 Å². The van der Waals surface area contributed by atoms with Gasteiger partial charge in [0.05, 0.1) is 12.2 Å². The van der Waals surface area contributed by atoms with Crippen LogP contribution in [-0.2, 0) is 0 Å². The molecule has 0 aromatic heterocycles. The molecule has 3 fully saturated rings. The molecule has 166 valence electrons. The van der Waals surface area contributed by atoms with Gasteiger partial charge in [-0.1, -0.05) is 80.6 Å². The van der Waals surface area contributed by atoms with E-state index in [1.165, 1.54) is 37.7 Å². The molecule has 31 heavy (non-hydrogen) atoms. The number of allylic oxidation sites excluding steroid dienone is 4. The summed E-state index contributed by atoms with van der Waals surface area (Å²) < 4.78 is 0. The van der Waals surface area contributed by atoms with E-state index in [1.54, 1.807) is 5.57 Å². The fourth-order valence-electron chi connectivity index (χ4n) is 6.57. The Hall–Kier alpha value is -1.90. The summed E-state index contributed by atoms with van der Waals surface area (Å²) in [4.78, 5) is 0. The molecule has 0 spiro atoms. The van der Waals surface area contributed by atoms with Crippen LogP contribution in [-0.4, -0.2) is 22.4 Å². The first-order valence-electron chi connectivity index (χ1n) is 12.1. The van der Waals surface area contributed by atoms with Gasteiger partial charge in [-0.25, -0.2) is 0 Å². The smallest absolute Gasteiger partial charge is 0.0811 e. The highest BCUT2D eigenvalue weighted by molar-refractivity contribution is 5.49. The van der Waals surface area contributed by atoms with E-state index >= 15 is 0 Å². The molecule has 3 aliphatic rings. The first-order valence-corrected chi connectivity index (χ1v) is 12.1. The minimum absolute atomic E-state index is 0.353. The van der Waals surface area contributed by atoms with Gasteiger partial charge >= 0.3 is 0 Å². The molecule has 3 saturated carbocycles. The number of hydrogen-bond acceptors (Lipinski definition) is 2. The van der Waals surface area contributed by atoms with Crippen molar-refractivity contribution in [2.24, 2.45) is 23.2 Å². The van der Waals surface area contributed by atoms with Crippen molar-refractivity contribution < 1.29 is 10.2 Å². The Morgan fingerprint density at radius 1 is 1.13 bits per heavy atom. The molecular formula is C29H38O2. The zero-order chi connectivity index (χ0) is 22.0. The number of rotatable bonds is 4. The predicted molar refractivity (Wildman–Crippen MR) is 129 cm³/mol. The maximum Gasteiger partial charge on any atom is 0.0811 e. The molecule has 0 saturated heterocycles. The Balaban J connectivity index is 1.51. The standard InChI is InChI=1S/C29H38O2/c1-20(11-12-22-8-5-4-6-9-22)26-15-16-27-23(10-7-17-29(26,27)3)13-14-24-18-25(30)19-28(31)21(24)2/h4-6,8-9,11-14,20,25-28,30-31H,2,7,10,15-19H2,1,3H3/b12-11-,23-13+,24-14-/t20-,25+,26+,27-,28-,29+/m0/s1. The summed E-state index contributed by atoms with van der Waals surface area (Å²) in [5.74, 6) is 1.92. The van der Waals surface area contributed by atoms with Crippen molar-refractivity contribution in [3.05, 3.63) is 77.4 Å². The highest BCUT2D eigenvalue weighted by Gasteiger charge is 2.50. The lowest BCUT2D eigenvalue weighted by Gasteiger charge is -2.44. The third-order valence-electron chi connectivity index (χ3n) is 8.33. The highest BCUT2D eigenvalue weighted by Crippen LogP contribution is 2.59. The van der Waals surface area contributed by atoms with Crippen molar-refractivity contribution >= 4 is 6.08 Å². The van der Waals surface area contributed by atoms with E-state index in [0.717, 1.165) is 11.1 Å². The van der Waals surface area contributed by atoms with E-state index in [1.807, 2.05) is 0 Å². The second-order valence-electron chi connectivity index (χ2n) is 10.3. The van der Waals surface area contributed by atoms with Gasteiger partial charge in [-0.3, -0.25) is 0 Å². The second-order valence-corrected chi connectivity index (χ2v) is 10.3. The summed E-state index contributed by atoms with van der Waals surface area (Å²) >= 11 is 0. The molecule has 0 aliphatic heterocycles. The topological polar surface area (TPSA) is 40.5 Å². The van der Waals surface area contributed by atoms with Crippen LogP contribution in [0.15, 0.2) is 71.9 Å². The average molecular weight is 419 g/mol. The number of aliphatic hydroxyl groups excluding tert-OH is 2. The first-order chi connectivity index (χ1) is 14.9. The van der Waals surface area contributed by atoms with Gasteiger partial charge in [0.25, 0.3) is 0 Å². The van der Waals surface area contributed by atoms with E-state index in [0.29, 0.717) is 36.0 Å². The van der Waals surface area contributed by atoms with E-state index in [4.69, 9.17) is 0 Å². The Morgan fingerprint density at radius 2 is 1.90 bits per heavy atom. The first kappa shape index (κ1) is 22.3. The van der Waals surface area contributed by atoms with Crippen LogP contribution in [0.5, 0.6) is 0 Å². The summed E-state index contributed by atoms with van der Waals surface area (Å²) in [6.45, 7) is 8.99. The normalized spacial score (nSPS) is 37.5. The maximum absolute atomic E-state index is 10.1. The molecule has 0 bridgehead atoms. The highest BCUT2D eigenvalue weighted by atomic mass is 16.3. The van der Waals surface area contributed by atoms with Crippen LogP contribution in [0, 0.1) is 23.2 Å². The maximum atomic E-state index is 10.1. The molecular weight excluding hydrogens is 380 g/mol. The summed E-state index contributed by atoms with van der Waals surface area (Å²) in [6, 6.07) is 10.6. The van der Waals surface area contributed by atoms with Gasteiger partial charge < -0.3 is 10.2 Å². The summed E-state index contributed by atoms with van der Waals surface area (Å²) in [5.41, 5.74) is 4.99. The molecule has 0 radical (unpaired) electrons. The lowest BCUT2D eigenvalue weighted by molar-refractivity contribution is 0.0862. The third-order valence-corrected chi connectivity index (χ3v) is 8.33. The van der Waals surface area contributed by atoms with Crippen LogP contribution in [0.4, 0.5) is 0 Å². The lowest BCUT2D eigenvalue weighted by Crippen LogP contribution is -2.35. The molecule has 1 aromatic carbocycles. The fourth-order valence-corrected chi connectivity index (χ4v) is 6.57. The van der Waals surface area contributed by atoms with Crippen molar-refractivity contribution in [2.75, 3.05) is 0 Å². The van der Waals surface area contributed by atoms with Crippen LogP contribution in [0.2, 0.25) is 0 Å². The molecule has 0 amide bonds. The average Bonchev–Trinajstić information content (AvgIpc) is 3.12. The zero-order valence-electron chi connectivity index (χ0n) is 19.1. The molecule has 4 rings (SSSR count). The van der Waals surface area contributed by atoms with Crippen molar-refractivity contribution in [3.8, 4) is 0 Å². The Kier molecular flexibility index (Phi) is 6.69. The van der Waals surface area contributed by atoms with Crippen LogP contribution in [0.25, 0.3) is 6.08 Å². The third kappa shape index (κ3) is 4.66. The van der Waals surface area contributed by atoms with Gasteiger partial charge in [0.2, 0.25) is 0 Å². The van der Waals surface area contributed by atoms with Crippen molar-refractivity contribution in [1.82, 2.24) is 0 Å². The molecule has 3 aliphatic carbocycles. The van der Waals surface area contributed by atoms with Crippen molar-refractivity contribution in [3.63, 3.8) is 0 Å². The number of aliphatic hydroxyl groups is 2. The number of hydrogen-bond donors (Lipinski definition) is 2. The van der Waals surface area contributed by atoms with Crippen LogP contribution in [0.3, 0.4) is 0 Å². The van der Waals surface area contributed by atoms with E-state index < -0.39 is 12.2 Å². The predicted octanol–water partition coefficient (Wildman–Crippen LogP) is 6.48. The quantitative estimate of drug-likeness (QED) is 0.588. The number of fused-ring (bicyclic) bond motifs is 1. The molecule has 0 unspecified atom stereocenters. The van der Waals surface area contributed by atoms with E-state index in [9.17, 15) is 10.2 Å². The largest absolute Gasteiger partial charge is 0.393 e. The van der Waals surface area contributed by atoms with Gasteiger partial charge in [-0.05, 0) is 78.4 Å². The Labute approximate surface area is 188 Å². The SMILES string of the molecule is C=C1/C(=C\C=C2/CCC[C@]3(C)[C@@H]([C@@H](C)/C=C\c4ccccc4)CC[C@@H]23)C[C@@H](O)C[C@@H]1O. The van der Waals surface area contributed by atoms with E-state index in [2.05, 4.69) is 75.1 Å². The zero-order valence-corrected chi connectivity index (χ0v) is 19.1. The van der Waals surface area contributed by atoms with E-state index in [-0.39, 0.29) is 0 Å². The minimum Gasteiger partial charge on any atom is -0.393 e. The molecule has 6 atom stereocenters. The molecule has 0 heterocycles.